The highest BCUT2D eigenvalue weighted by Gasteiger charge is 2.36. The molecule has 6 heteroatoms. The summed E-state index contributed by atoms with van der Waals surface area (Å²) in [4.78, 5) is 22.5. The normalized spacial score (nSPS) is 13.0. The van der Waals surface area contributed by atoms with Gasteiger partial charge in [-0.1, -0.05) is 60.7 Å². The molecule has 5 nitrogen and oxygen atoms in total. The van der Waals surface area contributed by atoms with Crippen LogP contribution < -0.4 is 5.32 Å². The van der Waals surface area contributed by atoms with Crippen molar-refractivity contribution in [3.8, 4) is 0 Å². The molecule has 2 N–H and O–H groups in total. The van der Waals surface area contributed by atoms with E-state index in [1.165, 1.54) is 0 Å². The molecule has 0 fully saturated rings. The predicted octanol–water partition coefficient (Wildman–Crippen LogP) is 2.41. The number of aliphatic hydroxyl groups excluding tert-OH is 1. The summed E-state index contributed by atoms with van der Waals surface area (Å²) in [6.07, 6.45) is -0.831. The summed E-state index contributed by atoms with van der Waals surface area (Å²) in [6, 6.07) is 17.4. The summed E-state index contributed by atoms with van der Waals surface area (Å²) in [5.74, 6) is -0.513. The Morgan fingerprint density at radius 2 is 1.61 bits per heavy atom. The van der Waals surface area contributed by atoms with Gasteiger partial charge in [-0.3, -0.25) is 10.1 Å². The second-order valence-corrected chi connectivity index (χ2v) is 5.66. The minimum atomic E-state index is -1.74. The quantitative estimate of drug-likeness (QED) is 0.432. The molecule has 0 aromatic heterocycles. The molecule has 0 aliphatic heterocycles. The first kappa shape index (κ1) is 17.1. The van der Waals surface area contributed by atoms with Gasteiger partial charge >= 0.3 is 6.09 Å². The van der Waals surface area contributed by atoms with E-state index in [0.717, 1.165) is 5.56 Å². The number of hydrogen-bond donors (Lipinski definition) is 3. The second-order valence-electron chi connectivity index (χ2n) is 4.90. The number of amides is 1. The number of thiol groups is 1. The highest BCUT2D eigenvalue weighted by atomic mass is 32.1. The number of carbonyl (C=O) groups excluding carboxylic acids is 2. The summed E-state index contributed by atoms with van der Waals surface area (Å²) in [7, 11) is 0. The van der Waals surface area contributed by atoms with Crippen molar-refractivity contribution >= 4 is 24.5 Å². The van der Waals surface area contributed by atoms with Gasteiger partial charge in [0.25, 0.3) is 0 Å². The molecule has 0 radical (unpaired) electrons. The second kappa shape index (κ2) is 7.80. The first-order valence-electron chi connectivity index (χ1n) is 6.97. The largest absolute Gasteiger partial charge is 0.445 e. The molecule has 1 atom stereocenters. The van der Waals surface area contributed by atoms with Gasteiger partial charge in [-0.2, -0.15) is 0 Å². The summed E-state index contributed by atoms with van der Waals surface area (Å²) in [5, 5.41) is 11.8. The van der Waals surface area contributed by atoms with Gasteiger partial charge in [-0.25, -0.2) is 4.79 Å². The fraction of sp³-hybridized carbons (Fsp3) is 0.176. The lowest BCUT2D eigenvalue weighted by molar-refractivity contribution is 0.0830. The smallest absolute Gasteiger partial charge is 0.409 e. The van der Waals surface area contributed by atoms with E-state index in [1.54, 1.807) is 30.3 Å². The maximum atomic E-state index is 12.4. The predicted molar refractivity (Wildman–Crippen MR) is 89.3 cm³/mol. The Balaban J connectivity index is 2.00. The molecule has 0 unspecified atom stereocenters. The van der Waals surface area contributed by atoms with Crippen molar-refractivity contribution in [3.63, 3.8) is 0 Å². The third-order valence-electron chi connectivity index (χ3n) is 3.16. The highest BCUT2D eigenvalue weighted by Crippen LogP contribution is 2.18. The van der Waals surface area contributed by atoms with Crippen LogP contribution in [-0.4, -0.2) is 28.5 Å². The van der Waals surface area contributed by atoms with Gasteiger partial charge in [-0.15, -0.1) is 12.6 Å². The lowest BCUT2D eigenvalue weighted by Crippen LogP contribution is -2.53. The standard InChI is InChI=1S/C17H17NO4S/c19-12-17(23,15(20)14-9-5-2-6-10-14)18-16(21)22-11-13-7-3-1-4-8-13/h1-10,19,23H,11-12H2,(H,18,21)/t17-/m0/s1. The van der Waals surface area contributed by atoms with E-state index >= 15 is 0 Å². The molecular weight excluding hydrogens is 314 g/mol. The minimum Gasteiger partial charge on any atom is -0.445 e. The van der Waals surface area contributed by atoms with Crippen molar-refractivity contribution in [2.75, 3.05) is 6.61 Å². The average molecular weight is 331 g/mol. The van der Waals surface area contributed by atoms with Crippen molar-refractivity contribution in [2.45, 2.75) is 11.5 Å². The van der Waals surface area contributed by atoms with Crippen molar-refractivity contribution in [3.05, 3.63) is 71.8 Å². The number of carbonyl (C=O) groups is 2. The molecule has 0 saturated carbocycles. The van der Waals surface area contributed by atoms with E-state index in [9.17, 15) is 14.7 Å². The summed E-state index contributed by atoms with van der Waals surface area (Å²) < 4.78 is 5.05. The molecule has 0 aliphatic carbocycles. The Hall–Kier alpha value is -2.31. The van der Waals surface area contributed by atoms with Gasteiger partial charge in [0, 0.05) is 5.56 Å². The molecule has 0 saturated heterocycles. The van der Waals surface area contributed by atoms with E-state index in [0.29, 0.717) is 5.56 Å². The number of ketones is 1. The molecule has 23 heavy (non-hydrogen) atoms. The number of ether oxygens (including phenoxy) is 1. The van der Waals surface area contributed by atoms with Crippen LogP contribution >= 0.6 is 12.6 Å². The zero-order valence-electron chi connectivity index (χ0n) is 12.3. The van der Waals surface area contributed by atoms with Gasteiger partial charge in [0.2, 0.25) is 5.78 Å². The van der Waals surface area contributed by atoms with E-state index in [1.807, 2.05) is 30.3 Å². The summed E-state index contributed by atoms with van der Waals surface area (Å²) in [6.45, 7) is -0.605. The first-order valence-corrected chi connectivity index (χ1v) is 7.42. The summed E-state index contributed by atoms with van der Waals surface area (Å²) >= 11 is 4.13. The number of benzene rings is 2. The topological polar surface area (TPSA) is 75.6 Å². The number of aliphatic hydroxyl groups is 1. The minimum absolute atomic E-state index is 0.0570. The van der Waals surface area contributed by atoms with E-state index in [-0.39, 0.29) is 6.61 Å². The van der Waals surface area contributed by atoms with Gasteiger partial charge in [0.15, 0.2) is 4.87 Å². The monoisotopic (exact) mass is 331 g/mol. The Morgan fingerprint density at radius 1 is 1.04 bits per heavy atom. The van der Waals surface area contributed by atoms with E-state index in [4.69, 9.17) is 4.74 Å². The Morgan fingerprint density at radius 3 is 2.17 bits per heavy atom. The van der Waals surface area contributed by atoms with Gasteiger partial charge in [0.1, 0.15) is 6.61 Å². The lowest BCUT2D eigenvalue weighted by Gasteiger charge is -2.25. The van der Waals surface area contributed by atoms with Crippen LogP contribution in [0.4, 0.5) is 4.79 Å². The zero-order chi connectivity index (χ0) is 16.7. The first-order chi connectivity index (χ1) is 11.0. The van der Waals surface area contributed by atoms with Crippen LogP contribution in [0.2, 0.25) is 0 Å². The van der Waals surface area contributed by atoms with E-state index in [2.05, 4.69) is 17.9 Å². The van der Waals surface area contributed by atoms with E-state index < -0.39 is 23.4 Å². The number of hydrogen-bond acceptors (Lipinski definition) is 5. The van der Waals surface area contributed by atoms with Gasteiger partial charge in [-0.05, 0) is 5.56 Å². The maximum absolute atomic E-state index is 12.4. The van der Waals surface area contributed by atoms with Crippen molar-refractivity contribution in [1.82, 2.24) is 5.32 Å². The van der Waals surface area contributed by atoms with Crippen molar-refractivity contribution in [1.29, 1.82) is 0 Å². The molecule has 120 valence electrons. The molecule has 2 aromatic carbocycles. The van der Waals surface area contributed by atoms with Gasteiger partial charge in [0.05, 0.1) is 6.61 Å². The number of nitrogens with one attached hydrogen (secondary N) is 1. The van der Waals surface area contributed by atoms with Crippen LogP contribution in [0.3, 0.4) is 0 Å². The Bertz CT molecular complexity index is 663. The Kier molecular flexibility index (Phi) is 5.78. The molecule has 2 rings (SSSR count). The van der Waals surface area contributed by atoms with Crippen LogP contribution in [0.25, 0.3) is 0 Å². The fourth-order valence-electron chi connectivity index (χ4n) is 1.92. The molecule has 0 spiro atoms. The van der Waals surface area contributed by atoms with Crippen LogP contribution in [-0.2, 0) is 11.3 Å². The highest BCUT2D eigenvalue weighted by molar-refractivity contribution is 7.82. The number of Topliss-reactive ketones (excluding diaryl/α,β-unsaturated/α-hetero) is 1. The Labute approximate surface area is 139 Å². The van der Waals surface area contributed by atoms with Crippen LogP contribution in [0.1, 0.15) is 15.9 Å². The van der Waals surface area contributed by atoms with Gasteiger partial charge < -0.3 is 9.84 Å². The molecule has 1 amide bonds. The zero-order valence-corrected chi connectivity index (χ0v) is 13.2. The van der Waals surface area contributed by atoms with Crippen LogP contribution in [0.5, 0.6) is 0 Å². The third kappa shape index (κ3) is 4.58. The number of alkyl carbamates (subject to hydrolysis) is 1. The molecule has 0 bridgehead atoms. The summed E-state index contributed by atoms with van der Waals surface area (Å²) in [5.41, 5.74) is 1.14. The molecule has 0 heterocycles. The SMILES string of the molecule is O=C(N[C@](S)(CO)C(=O)c1ccccc1)OCc1ccccc1. The third-order valence-corrected chi connectivity index (χ3v) is 3.62. The molecule has 2 aromatic rings. The average Bonchev–Trinajstić information content (AvgIpc) is 2.61. The number of rotatable bonds is 6. The lowest BCUT2D eigenvalue weighted by atomic mass is 10.0. The molecule has 0 aliphatic rings. The van der Waals surface area contributed by atoms with Crippen molar-refractivity contribution < 1.29 is 19.4 Å². The fourth-order valence-corrected chi connectivity index (χ4v) is 2.14. The van der Waals surface area contributed by atoms with Crippen molar-refractivity contribution in [2.24, 2.45) is 0 Å². The molecular formula is C17H17NO4S. The van der Waals surface area contributed by atoms with Crippen LogP contribution in [0.15, 0.2) is 60.7 Å². The van der Waals surface area contributed by atoms with Crippen LogP contribution in [0, 0.1) is 0 Å². The maximum Gasteiger partial charge on any atom is 0.409 e.